The molecule has 0 saturated carbocycles. The maximum Gasteiger partial charge on any atom is 0.249 e. The Labute approximate surface area is 163 Å². The smallest absolute Gasteiger partial charge is 0.249 e. The van der Waals surface area contributed by atoms with Crippen LogP contribution in [0.4, 0.5) is 0 Å². The van der Waals surface area contributed by atoms with E-state index in [1.165, 1.54) is 39.0 Å². The third kappa shape index (κ3) is 2.64. The van der Waals surface area contributed by atoms with Crippen LogP contribution in [0.25, 0.3) is 17.2 Å². The summed E-state index contributed by atoms with van der Waals surface area (Å²) in [6.07, 6.45) is 5.14. The van der Waals surface area contributed by atoms with E-state index in [0.717, 1.165) is 29.3 Å². The number of aryl methyl sites for hydroxylation is 1. The second-order valence-electron chi connectivity index (χ2n) is 8.62. The summed E-state index contributed by atoms with van der Waals surface area (Å²) >= 11 is 3.76. The molecule has 2 bridgehead atoms. The van der Waals surface area contributed by atoms with Crippen LogP contribution in [0.2, 0.25) is 0 Å². The van der Waals surface area contributed by atoms with Crippen molar-refractivity contribution >= 4 is 27.9 Å². The van der Waals surface area contributed by atoms with Crippen LogP contribution in [0.5, 0.6) is 0 Å². The molecule has 2 aromatic carbocycles. The van der Waals surface area contributed by atoms with Gasteiger partial charge in [-0.3, -0.25) is 4.79 Å². The average Bonchev–Trinajstić information content (AvgIpc) is 3.00. The topological polar surface area (TPSA) is 43.1 Å². The second kappa shape index (κ2) is 5.82. The molecule has 0 atom stereocenters. The van der Waals surface area contributed by atoms with E-state index in [9.17, 15) is 4.79 Å². The number of primary amides is 1. The maximum absolute atomic E-state index is 12.3. The molecule has 0 spiro atoms. The number of halogens is 1. The van der Waals surface area contributed by atoms with Crippen molar-refractivity contribution in [3.8, 4) is 11.1 Å². The maximum atomic E-state index is 12.3. The third-order valence-corrected chi connectivity index (χ3v) is 6.61. The Bertz CT molecular complexity index is 992. The Hall–Kier alpha value is -1.87. The zero-order valence-electron chi connectivity index (χ0n) is 15.8. The summed E-state index contributed by atoms with van der Waals surface area (Å²) in [5, 5.41) is 0. The summed E-state index contributed by atoms with van der Waals surface area (Å²) < 4.78 is 1.15. The Morgan fingerprint density at radius 1 is 1.12 bits per heavy atom. The normalized spacial score (nSPS) is 15.2. The minimum Gasteiger partial charge on any atom is -0.366 e. The van der Waals surface area contributed by atoms with Gasteiger partial charge in [0.2, 0.25) is 5.91 Å². The summed E-state index contributed by atoms with van der Waals surface area (Å²) in [4.78, 5) is 12.3. The van der Waals surface area contributed by atoms with Crippen molar-refractivity contribution in [2.45, 2.75) is 52.4 Å². The van der Waals surface area contributed by atoms with Crippen LogP contribution in [-0.4, -0.2) is 5.91 Å². The van der Waals surface area contributed by atoms with E-state index < -0.39 is 0 Å². The minimum atomic E-state index is -0.338. The molecule has 2 nitrogen and oxygen atoms in total. The zero-order valence-corrected chi connectivity index (χ0v) is 17.4. The molecule has 26 heavy (non-hydrogen) atoms. The molecule has 0 radical (unpaired) electrons. The van der Waals surface area contributed by atoms with Crippen molar-refractivity contribution < 1.29 is 4.79 Å². The fourth-order valence-electron chi connectivity index (χ4n) is 4.23. The Morgan fingerprint density at radius 2 is 1.85 bits per heavy atom. The first kappa shape index (κ1) is 17.5. The molecule has 3 heteroatoms. The number of carbonyl (C=O) groups is 1. The van der Waals surface area contributed by atoms with Gasteiger partial charge in [0, 0.05) is 10.0 Å². The predicted molar refractivity (Wildman–Crippen MR) is 112 cm³/mol. The molecule has 4 rings (SSSR count). The highest BCUT2D eigenvalue weighted by Gasteiger charge is 2.29. The van der Waals surface area contributed by atoms with Gasteiger partial charge in [-0.05, 0) is 76.6 Å². The average molecular weight is 410 g/mol. The van der Waals surface area contributed by atoms with Crippen molar-refractivity contribution in [2.24, 2.45) is 5.73 Å². The summed E-state index contributed by atoms with van der Waals surface area (Å²) in [6, 6.07) is 6.58. The highest BCUT2D eigenvalue weighted by Crippen LogP contribution is 2.45. The Balaban J connectivity index is 2.07. The molecule has 0 unspecified atom stereocenters. The van der Waals surface area contributed by atoms with Crippen molar-refractivity contribution in [2.75, 3.05) is 0 Å². The number of fused-ring (bicyclic) bond motifs is 3. The van der Waals surface area contributed by atoms with Crippen LogP contribution >= 0.6 is 15.9 Å². The molecule has 2 aliphatic rings. The van der Waals surface area contributed by atoms with Gasteiger partial charge in [0.15, 0.2) is 0 Å². The summed E-state index contributed by atoms with van der Waals surface area (Å²) in [5.41, 5.74) is 16.4. The highest BCUT2D eigenvalue weighted by molar-refractivity contribution is 9.10. The van der Waals surface area contributed by atoms with E-state index in [4.69, 9.17) is 5.73 Å². The molecule has 0 aliphatic heterocycles. The molecule has 134 valence electrons. The first-order valence-electron chi connectivity index (χ1n) is 9.16. The standard InChI is InChI=1S/C23H24BrNO/c1-12-7-14-9-15(23(2,3)4)11-18(17(14)8-12)20-16-6-5-13(21(16)24)10-19(20)22(25)26/h7,9-11H,5-6,8H2,1-4H3,(H2,25,26). The number of rotatable bonds is 2. The third-order valence-electron chi connectivity index (χ3n) is 5.62. The second-order valence-corrected chi connectivity index (χ2v) is 9.42. The summed E-state index contributed by atoms with van der Waals surface area (Å²) in [5.74, 6) is -0.338. The number of carbonyl (C=O) groups excluding carboxylic acids is 1. The molecule has 1 amide bonds. The van der Waals surface area contributed by atoms with Gasteiger partial charge < -0.3 is 5.73 Å². The fourth-order valence-corrected chi connectivity index (χ4v) is 4.94. The molecule has 2 N–H and O–H groups in total. The van der Waals surface area contributed by atoms with Crippen molar-refractivity contribution in [3.63, 3.8) is 0 Å². The largest absolute Gasteiger partial charge is 0.366 e. The zero-order chi connectivity index (χ0) is 18.8. The number of benzene rings is 2. The number of nitrogens with two attached hydrogens (primary N) is 1. The van der Waals surface area contributed by atoms with Crippen molar-refractivity contribution in [1.29, 1.82) is 0 Å². The van der Waals surface area contributed by atoms with E-state index in [1.807, 2.05) is 6.07 Å². The lowest BCUT2D eigenvalue weighted by Gasteiger charge is -2.24. The molecule has 0 aromatic heterocycles. The monoisotopic (exact) mass is 409 g/mol. The predicted octanol–water partition coefficient (Wildman–Crippen LogP) is 5.57. The van der Waals surface area contributed by atoms with Crippen molar-refractivity contribution in [3.05, 3.63) is 61.6 Å². The van der Waals surface area contributed by atoms with Gasteiger partial charge in [0.05, 0.1) is 0 Å². The molecule has 0 saturated heterocycles. The van der Waals surface area contributed by atoms with E-state index in [-0.39, 0.29) is 11.3 Å². The van der Waals surface area contributed by atoms with Crippen LogP contribution in [0.1, 0.15) is 65.9 Å². The van der Waals surface area contributed by atoms with Crippen LogP contribution in [0, 0.1) is 0 Å². The van der Waals surface area contributed by atoms with Gasteiger partial charge in [0.25, 0.3) is 0 Å². The molecule has 2 aromatic rings. The van der Waals surface area contributed by atoms with Gasteiger partial charge in [-0.25, -0.2) is 0 Å². The Kier molecular flexibility index (Phi) is 3.92. The molecular formula is C23H24BrNO. The number of hydrogen-bond donors (Lipinski definition) is 1. The first-order valence-corrected chi connectivity index (χ1v) is 9.95. The van der Waals surface area contributed by atoms with E-state index in [0.29, 0.717) is 5.56 Å². The van der Waals surface area contributed by atoms with E-state index in [1.54, 1.807) is 0 Å². The molecule has 0 fully saturated rings. The number of allylic oxidation sites excluding steroid dienone is 1. The highest BCUT2D eigenvalue weighted by atomic mass is 79.9. The lowest BCUT2D eigenvalue weighted by Crippen LogP contribution is -2.15. The quantitative estimate of drug-likeness (QED) is 0.691. The molecule has 0 heterocycles. The van der Waals surface area contributed by atoms with Crippen LogP contribution in [0.15, 0.2) is 28.2 Å². The van der Waals surface area contributed by atoms with Gasteiger partial charge in [-0.1, -0.05) is 60.5 Å². The van der Waals surface area contributed by atoms with Gasteiger partial charge in [0.1, 0.15) is 0 Å². The molecular weight excluding hydrogens is 386 g/mol. The van der Waals surface area contributed by atoms with Crippen LogP contribution < -0.4 is 5.73 Å². The van der Waals surface area contributed by atoms with Gasteiger partial charge in [-0.2, -0.15) is 0 Å². The number of amides is 1. The lowest BCUT2D eigenvalue weighted by atomic mass is 9.81. The lowest BCUT2D eigenvalue weighted by molar-refractivity contribution is 0.100. The van der Waals surface area contributed by atoms with Crippen molar-refractivity contribution in [1.82, 2.24) is 0 Å². The van der Waals surface area contributed by atoms with Gasteiger partial charge >= 0.3 is 0 Å². The Morgan fingerprint density at radius 3 is 2.50 bits per heavy atom. The van der Waals surface area contributed by atoms with E-state index >= 15 is 0 Å². The molecule has 2 aliphatic carbocycles. The van der Waals surface area contributed by atoms with Gasteiger partial charge in [-0.15, -0.1) is 0 Å². The number of hydrogen-bond acceptors (Lipinski definition) is 1. The summed E-state index contributed by atoms with van der Waals surface area (Å²) in [6.45, 7) is 8.87. The SMILES string of the molecule is CC1=Cc2cc(C(C)(C)C)cc(-c3c(C(N)=O)cc4c(Br)c3CC4)c2C1. The van der Waals surface area contributed by atoms with Crippen LogP contribution in [-0.2, 0) is 24.7 Å². The minimum absolute atomic E-state index is 0.0402. The summed E-state index contributed by atoms with van der Waals surface area (Å²) in [7, 11) is 0. The van der Waals surface area contributed by atoms with Crippen LogP contribution in [0.3, 0.4) is 0 Å². The van der Waals surface area contributed by atoms with E-state index in [2.05, 4.69) is 61.8 Å². The fraction of sp³-hybridized carbons (Fsp3) is 0.348. The first-order chi connectivity index (χ1) is 12.2.